The molecular weight excluding hydrogens is 230 g/mol. The van der Waals surface area contributed by atoms with Gasteiger partial charge in [-0.3, -0.25) is 0 Å². The van der Waals surface area contributed by atoms with Crippen molar-refractivity contribution in [3.8, 4) is 0 Å². The molecule has 0 N–H and O–H groups in total. The van der Waals surface area contributed by atoms with Crippen molar-refractivity contribution in [1.82, 2.24) is 0 Å². The molecule has 0 aliphatic rings. The molecule has 0 saturated heterocycles. The number of halogens is 4. The summed E-state index contributed by atoms with van der Waals surface area (Å²) in [5.74, 6) is -0.618. The fraction of sp³-hybridized carbons (Fsp3) is 0.455. The summed E-state index contributed by atoms with van der Waals surface area (Å²) >= 11 is 0. The number of hydrogen-bond acceptors (Lipinski definition) is 0. The molecule has 0 atom stereocenters. The Morgan fingerprint density at radius 2 is 1.65 bits per heavy atom. The van der Waals surface area contributed by atoms with Crippen molar-refractivity contribution in [3.63, 3.8) is 0 Å². The maximum atomic E-state index is 13.7. The second-order valence-corrected chi connectivity index (χ2v) is 5.01. The Morgan fingerprint density at radius 1 is 1.12 bits per heavy atom. The summed E-state index contributed by atoms with van der Waals surface area (Å²) in [6.07, 6.45) is -4.39. The van der Waals surface area contributed by atoms with Crippen LogP contribution in [0.15, 0.2) is 18.2 Å². The van der Waals surface area contributed by atoms with Gasteiger partial charge in [-0.05, 0) is 23.1 Å². The van der Waals surface area contributed by atoms with E-state index in [1.165, 1.54) is 12.1 Å². The van der Waals surface area contributed by atoms with E-state index in [0.29, 0.717) is 5.56 Å². The maximum absolute atomic E-state index is 13.7. The molecule has 17 heavy (non-hydrogen) atoms. The molecule has 0 unspecified atom stereocenters. The van der Waals surface area contributed by atoms with Crippen LogP contribution in [0.1, 0.15) is 30.9 Å². The van der Waals surface area contributed by atoms with Gasteiger partial charge in [-0.2, -0.15) is 13.2 Å². The zero-order valence-electron chi connectivity index (χ0n) is 10.3. The molecule has 1 aromatic rings. The van der Waals surface area contributed by atoms with Crippen LogP contribution in [0.5, 0.6) is 0 Å². The highest BCUT2D eigenvalue weighted by atomic mass is 19.4. The molecule has 92 valence electrons. The summed E-state index contributed by atoms with van der Waals surface area (Å²) < 4.78 is 52.0. The minimum absolute atomic E-state index is 0.0435. The molecule has 0 amide bonds. The first kappa shape index (κ1) is 14.1. The van der Waals surface area contributed by atoms with Gasteiger partial charge < -0.3 is 0 Å². The minimum atomic E-state index is -4.39. The van der Waals surface area contributed by atoms with Crippen molar-refractivity contribution in [2.75, 3.05) is 0 Å². The zero-order chi connectivity index (χ0) is 13.4. The van der Waals surface area contributed by atoms with Gasteiger partial charge in [0.25, 0.3) is 0 Å². The third-order valence-corrected chi connectivity index (χ3v) is 3.05. The molecular formula is C11H14B2F4. The third-order valence-electron chi connectivity index (χ3n) is 3.05. The van der Waals surface area contributed by atoms with Gasteiger partial charge in [-0.1, -0.05) is 26.0 Å². The lowest BCUT2D eigenvalue weighted by Crippen LogP contribution is -2.43. The van der Waals surface area contributed by atoms with E-state index >= 15 is 0 Å². The highest BCUT2D eigenvalue weighted by Gasteiger charge is 2.48. The van der Waals surface area contributed by atoms with Crippen LogP contribution in [0.25, 0.3) is 0 Å². The van der Waals surface area contributed by atoms with Crippen molar-refractivity contribution in [2.45, 2.75) is 31.2 Å². The molecule has 1 aromatic carbocycles. The largest absolute Gasteiger partial charge is 0.384 e. The average Bonchev–Trinajstić information content (AvgIpc) is 2.14. The molecule has 0 spiro atoms. The predicted octanol–water partition coefficient (Wildman–Crippen LogP) is 1.93. The first-order valence-electron chi connectivity index (χ1n) is 5.44. The Hall–Kier alpha value is -0.930. The van der Waals surface area contributed by atoms with Gasteiger partial charge in [-0.15, -0.1) is 0 Å². The monoisotopic (exact) mass is 244 g/mol. The number of benzene rings is 1. The Kier molecular flexibility index (Phi) is 3.65. The Balaban J connectivity index is 3.23. The molecule has 6 heteroatoms. The van der Waals surface area contributed by atoms with E-state index in [9.17, 15) is 17.6 Å². The summed E-state index contributed by atoms with van der Waals surface area (Å²) in [5, 5.41) is -2.04. The predicted molar refractivity (Wildman–Crippen MR) is 65.3 cm³/mol. The lowest BCUT2D eigenvalue weighted by molar-refractivity contribution is -0.143. The van der Waals surface area contributed by atoms with Gasteiger partial charge in [0.15, 0.2) is 0 Å². The fourth-order valence-corrected chi connectivity index (χ4v) is 1.55. The lowest BCUT2D eigenvalue weighted by atomic mass is 9.50. The molecule has 0 saturated carbocycles. The van der Waals surface area contributed by atoms with Crippen LogP contribution in [-0.2, 0) is 5.21 Å². The highest BCUT2D eigenvalue weighted by Crippen LogP contribution is 2.36. The molecule has 0 aliphatic heterocycles. The molecule has 0 nitrogen and oxygen atoms in total. The van der Waals surface area contributed by atoms with E-state index < -0.39 is 17.2 Å². The summed E-state index contributed by atoms with van der Waals surface area (Å²) in [5.41, 5.74) is 0.388. The van der Waals surface area contributed by atoms with Crippen molar-refractivity contribution >= 4 is 15.7 Å². The quantitative estimate of drug-likeness (QED) is 0.550. The van der Waals surface area contributed by atoms with Crippen LogP contribution in [0, 0.1) is 5.82 Å². The molecule has 0 bridgehead atoms. The van der Waals surface area contributed by atoms with Crippen LogP contribution in [0.3, 0.4) is 0 Å². The Bertz CT molecular complexity index is 410. The number of rotatable bonds is 2. The average molecular weight is 244 g/mol. The van der Waals surface area contributed by atoms with Gasteiger partial charge in [-0.25, -0.2) is 4.39 Å². The van der Waals surface area contributed by atoms with Crippen molar-refractivity contribution in [1.29, 1.82) is 0 Å². The topological polar surface area (TPSA) is 0 Å². The van der Waals surface area contributed by atoms with Gasteiger partial charge in [0.05, 0.1) is 0 Å². The van der Waals surface area contributed by atoms with Gasteiger partial charge in [0.2, 0.25) is 0 Å². The SMILES string of the molecule is BC(B)(c1ccc(C(C)C)c(F)c1)C(F)(F)F. The Morgan fingerprint density at radius 3 is 2.00 bits per heavy atom. The van der Waals surface area contributed by atoms with Crippen LogP contribution < -0.4 is 0 Å². The van der Waals surface area contributed by atoms with Gasteiger partial charge in [0, 0.05) is 5.21 Å². The normalized spacial score (nSPS) is 13.1. The second kappa shape index (κ2) is 4.39. The maximum Gasteiger partial charge on any atom is 0.384 e. The first-order chi connectivity index (χ1) is 7.57. The van der Waals surface area contributed by atoms with E-state index in [0.717, 1.165) is 21.8 Å². The van der Waals surface area contributed by atoms with E-state index in [-0.39, 0.29) is 11.5 Å². The van der Waals surface area contributed by atoms with E-state index in [1.54, 1.807) is 13.8 Å². The molecule has 0 aliphatic carbocycles. The van der Waals surface area contributed by atoms with Crippen LogP contribution in [0.2, 0.25) is 0 Å². The molecule has 0 heterocycles. The highest BCUT2D eigenvalue weighted by molar-refractivity contribution is 6.40. The van der Waals surface area contributed by atoms with E-state index in [4.69, 9.17) is 0 Å². The summed E-state index contributed by atoms with van der Waals surface area (Å²) in [4.78, 5) is 0. The first-order valence-corrected chi connectivity index (χ1v) is 5.44. The summed E-state index contributed by atoms with van der Waals surface area (Å²) in [6, 6.07) is 3.78. The molecule has 0 radical (unpaired) electrons. The van der Waals surface area contributed by atoms with Crippen molar-refractivity contribution < 1.29 is 17.6 Å². The standard InChI is InChI=1S/C11H14B2F4/c1-6(2)8-4-3-7(5-9(8)14)10(12,13)11(15,16)17/h3-6H,12-13H2,1-2H3. The van der Waals surface area contributed by atoms with Crippen LogP contribution >= 0.6 is 0 Å². The lowest BCUT2D eigenvalue weighted by Gasteiger charge is -2.29. The third kappa shape index (κ3) is 2.67. The minimum Gasteiger partial charge on any atom is -0.207 e. The molecule has 1 rings (SSSR count). The summed E-state index contributed by atoms with van der Waals surface area (Å²) in [7, 11) is 2.10. The summed E-state index contributed by atoms with van der Waals surface area (Å²) in [6.45, 7) is 3.60. The smallest absolute Gasteiger partial charge is 0.207 e. The zero-order valence-corrected chi connectivity index (χ0v) is 10.3. The number of hydrogen-bond donors (Lipinski definition) is 0. The fourth-order valence-electron chi connectivity index (χ4n) is 1.55. The van der Waals surface area contributed by atoms with E-state index in [1.807, 2.05) is 0 Å². The van der Waals surface area contributed by atoms with Crippen LogP contribution in [0.4, 0.5) is 17.6 Å². The number of alkyl halides is 3. The van der Waals surface area contributed by atoms with Gasteiger partial charge in [0.1, 0.15) is 21.5 Å². The second-order valence-electron chi connectivity index (χ2n) is 5.01. The van der Waals surface area contributed by atoms with Gasteiger partial charge >= 0.3 is 6.18 Å². The molecule has 0 aromatic heterocycles. The van der Waals surface area contributed by atoms with Crippen molar-refractivity contribution in [3.05, 3.63) is 35.1 Å². The molecule has 0 fully saturated rings. The van der Waals surface area contributed by atoms with Crippen molar-refractivity contribution in [2.24, 2.45) is 0 Å². The van der Waals surface area contributed by atoms with Crippen LogP contribution in [-0.4, -0.2) is 21.9 Å². The van der Waals surface area contributed by atoms with E-state index in [2.05, 4.69) is 0 Å². The Labute approximate surface area is 100 Å².